The minimum Gasteiger partial charge on any atom is -0.337 e. The third kappa shape index (κ3) is 4.94. The van der Waals surface area contributed by atoms with E-state index in [0.29, 0.717) is 6.04 Å². The number of rotatable bonds is 7. The van der Waals surface area contributed by atoms with Crippen molar-refractivity contribution in [3.63, 3.8) is 0 Å². The van der Waals surface area contributed by atoms with E-state index in [1.807, 2.05) is 0 Å². The third-order valence-electron chi connectivity index (χ3n) is 6.57. The van der Waals surface area contributed by atoms with Crippen molar-refractivity contribution in [3.05, 3.63) is 52.8 Å². The van der Waals surface area contributed by atoms with E-state index in [-0.39, 0.29) is 5.91 Å². The van der Waals surface area contributed by atoms with Crippen LogP contribution in [0, 0.1) is 0 Å². The number of benzene rings is 1. The minimum absolute atomic E-state index is 0.160. The van der Waals surface area contributed by atoms with Crippen LogP contribution in [0.2, 0.25) is 0 Å². The highest BCUT2D eigenvalue weighted by molar-refractivity contribution is 5.94. The molecule has 2 aromatic rings. The van der Waals surface area contributed by atoms with Crippen LogP contribution in [0.5, 0.6) is 0 Å². The van der Waals surface area contributed by atoms with Gasteiger partial charge in [0.05, 0.1) is 0 Å². The molecule has 1 aliphatic carbocycles. The first kappa shape index (κ1) is 21.1. The Morgan fingerprint density at radius 1 is 1.13 bits per heavy atom. The van der Waals surface area contributed by atoms with Crippen LogP contribution in [0.15, 0.2) is 30.3 Å². The van der Waals surface area contributed by atoms with Gasteiger partial charge < -0.3 is 10.2 Å². The van der Waals surface area contributed by atoms with E-state index in [4.69, 9.17) is 5.10 Å². The number of nitrogens with one attached hydrogen (secondary N) is 1. The molecule has 1 aliphatic heterocycles. The van der Waals surface area contributed by atoms with Crippen molar-refractivity contribution < 1.29 is 4.79 Å². The lowest BCUT2D eigenvalue weighted by Gasteiger charge is -2.25. The Kier molecular flexibility index (Phi) is 7.21. The van der Waals surface area contributed by atoms with Gasteiger partial charge in [0.15, 0.2) is 5.69 Å². The van der Waals surface area contributed by atoms with Gasteiger partial charge in [0.1, 0.15) is 0 Å². The Bertz CT molecular complexity index is 821. The second-order valence-electron chi connectivity index (χ2n) is 8.83. The molecule has 1 saturated heterocycles. The molecule has 5 heteroatoms. The van der Waals surface area contributed by atoms with Crippen LogP contribution >= 0.6 is 0 Å². The summed E-state index contributed by atoms with van der Waals surface area (Å²) in [4.78, 5) is 15.4. The van der Waals surface area contributed by atoms with Gasteiger partial charge in [-0.05, 0) is 57.1 Å². The molecule has 1 N–H and O–H groups in total. The average molecular weight is 409 g/mol. The average Bonchev–Trinajstić information content (AvgIpc) is 2.93. The van der Waals surface area contributed by atoms with Crippen LogP contribution in [-0.4, -0.2) is 46.3 Å². The summed E-state index contributed by atoms with van der Waals surface area (Å²) in [7, 11) is 0. The predicted octanol–water partition coefficient (Wildman–Crippen LogP) is 4.00. The summed E-state index contributed by atoms with van der Waals surface area (Å²) in [6.45, 7) is 5.82. The quantitative estimate of drug-likeness (QED) is 0.753. The molecular weight excluding hydrogens is 372 g/mol. The minimum atomic E-state index is 0.160. The van der Waals surface area contributed by atoms with Crippen LogP contribution in [0.4, 0.5) is 0 Å². The lowest BCUT2D eigenvalue weighted by atomic mass is 9.91. The molecule has 1 aromatic heterocycles. The van der Waals surface area contributed by atoms with Crippen LogP contribution < -0.4 is 5.32 Å². The van der Waals surface area contributed by atoms with Gasteiger partial charge in [-0.15, -0.1) is 0 Å². The molecule has 2 aliphatic rings. The first-order valence-electron chi connectivity index (χ1n) is 11.9. The number of nitrogens with zero attached hydrogens (tertiary/aromatic N) is 3. The Labute approximate surface area is 180 Å². The maximum Gasteiger partial charge on any atom is 0.274 e. The van der Waals surface area contributed by atoms with E-state index >= 15 is 0 Å². The Hall–Kier alpha value is -2.14. The van der Waals surface area contributed by atoms with E-state index < -0.39 is 0 Å². The van der Waals surface area contributed by atoms with Gasteiger partial charge >= 0.3 is 0 Å². The zero-order valence-corrected chi connectivity index (χ0v) is 18.4. The number of aromatic nitrogens is 2. The molecule has 1 unspecified atom stereocenters. The summed E-state index contributed by atoms with van der Waals surface area (Å²) < 4.78 is 2.13. The fourth-order valence-electron chi connectivity index (χ4n) is 4.92. The van der Waals surface area contributed by atoms with E-state index in [2.05, 4.69) is 52.2 Å². The smallest absolute Gasteiger partial charge is 0.274 e. The molecule has 2 heterocycles. The van der Waals surface area contributed by atoms with E-state index in [9.17, 15) is 4.79 Å². The molecule has 0 radical (unpaired) electrons. The molecule has 0 saturated carbocycles. The number of amides is 1. The Morgan fingerprint density at radius 3 is 2.63 bits per heavy atom. The fourth-order valence-corrected chi connectivity index (χ4v) is 4.92. The number of carbonyl (C=O) groups excluding carboxylic acids is 1. The lowest BCUT2D eigenvalue weighted by Crippen LogP contribution is -2.37. The van der Waals surface area contributed by atoms with Crippen LogP contribution in [0.1, 0.15) is 72.8 Å². The molecular formula is C25H36N4O. The summed E-state index contributed by atoms with van der Waals surface area (Å²) in [5.41, 5.74) is 4.61. The van der Waals surface area contributed by atoms with Gasteiger partial charge in [0.25, 0.3) is 5.91 Å². The standard InChI is InChI=1S/C25H36N4O/c1-2-16-29-23-13-12-21(26-15-14-20-10-6-5-7-11-20)19-22(23)24(27-29)25(30)28-17-8-3-4-9-18-28/h5-7,10-11,21,26H,2-4,8-9,12-19H2,1H3. The van der Waals surface area contributed by atoms with Crippen molar-refractivity contribution in [3.8, 4) is 0 Å². The highest BCUT2D eigenvalue weighted by atomic mass is 16.2. The number of hydrogen-bond acceptors (Lipinski definition) is 3. The molecule has 162 valence electrons. The summed E-state index contributed by atoms with van der Waals surface area (Å²) >= 11 is 0. The van der Waals surface area contributed by atoms with E-state index in [0.717, 1.165) is 76.8 Å². The molecule has 30 heavy (non-hydrogen) atoms. The summed E-state index contributed by atoms with van der Waals surface area (Å²) in [5, 5.41) is 8.59. The van der Waals surface area contributed by atoms with Gasteiger partial charge in [-0.25, -0.2) is 0 Å². The zero-order valence-electron chi connectivity index (χ0n) is 18.4. The first-order valence-corrected chi connectivity index (χ1v) is 11.9. The van der Waals surface area contributed by atoms with Crippen molar-refractivity contribution in [1.82, 2.24) is 20.0 Å². The lowest BCUT2D eigenvalue weighted by molar-refractivity contribution is 0.0753. The first-order chi connectivity index (χ1) is 14.8. The fraction of sp³-hybridized carbons (Fsp3) is 0.600. The number of fused-ring (bicyclic) bond motifs is 1. The number of carbonyl (C=O) groups is 1. The normalized spacial score (nSPS) is 19.4. The van der Waals surface area contributed by atoms with Gasteiger partial charge in [-0.1, -0.05) is 50.1 Å². The SMILES string of the molecule is CCCn1nc(C(=O)N2CCCCCC2)c2c1CCC(NCCc1ccccc1)C2. The molecule has 4 rings (SSSR count). The van der Waals surface area contributed by atoms with Gasteiger partial charge in [0.2, 0.25) is 0 Å². The van der Waals surface area contributed by atoms with E-state index in [1.165, 1.54) is 29.7 Å². The predicted molar refractivity (Wildman–Crippen MR) is 121 cm³/mol. The van der Waals surface area contributed by atoms with Crippen molar-refractivity contribution in [2.24, 2.45) is 0 Å². The topological polar surface area (TPSA) is 50.2 Å². The highest BCUT2D eigenvalue weighted by Crippen LogP contribution is 2.27. The highest BCUT2D eigenvalue weighted by Gasteiger charge is 2.31. The van der Waals surface area contributed by atoms with E-state index in [1.54, 1.807) is 0 Å². The Balaban J connectivity index is 1.46. The maximum atomic E-state index is 13.4. The molecule has 5 nitrogen and oxygen atoms in total. The molecule has 0 bridgehead atoms. The third-order valence-corrected chi connectivity index (χ3v) is 6.57. The maximum absolute atomic E-state index is 13.4. The molecule has 1 fully saturated rings. The van der Waals surface area contributed by atoms with Gasteiger partial charge in [-0.2, -0.15) is 5.10 Å². The van der Waals surface area contributed by atoms with Crippen LogP contribution in [-0.2, 0) is 25.8 Å². The number of aryl methyl sites for hydroxylation is 1. The molecule has 1 amide bonds. The van der Waals surface area contributed by atoms with Crippen molar-refractivity contribution in [2.75, 3.05) is 19.6 Å². The van der Waals surface area contributed by atoms with Crippen LogP contribution in [0.3, 0.4) is 0 Å². The van der Waals surface area contributed by atoms with Gasteiger partial charge in [0, 0.05) is 36.9 Å². The molecule has 0 spiro atoms. The summed E-state index contributed by atoms with van der Waals surface area (Å²) in [6.07, 6.45) is 9.85. The van der Waals surface area contributed by atoms with Crippen LogP contribution in [0.25, 0.3) is 0 Å². The largest absolute Gasteiger partial charge is 0.337 e. The molecule has 1 atom stereocenters. The number of likely N-dealkylation sites (tertiary alicyclic amines) is 1. The van der Waals surface area contributed by atoms with Crippen molar-refractivity contribution >= 4 is 5.91 Å². The summed E-state index contributed by atoms with van der Waals surface area (Å²) in [6, 6.07) is 11.1. The second-order valence-corrected chi connectivity index (χ2v) is 8.83. The monoisotopic (exact) mass is 408 g/mol. The summed E-state index contributed by atoms with van der Waals surface area (Å²) in [5.74, 6) is 0.160. The van der Waals surface area contributed by atoms with Crippen molar-refractivity contribution in [1.29, 1.82) is 0 Å². The number of hydrogen-bond donors (Lipinski definition) is 1. The molecule has 1 aromatic carbocycles. The van der Waals surface area contributed by atoms with Gasteiger partial charge in [-0.3, -0.25) is 9.48 Å². The zero-order chi connectivity index (χ0) is 20.8. The second kappa shape index (κ2) is 10.3. The Morgan fingerprint density at radius 2 is 1.90 bits per heavy atom. The van der Waals surface area contributed by atoms with Crippen molar-refractivity contribution in [2.45, 2.75) is 77.3 Å².